The lowest BCUT2D eigenvalue weighted by Crippen LogP contribution is -2.29. The number of allylic oxidation sites excluding steroid dienone is 9. The van der Waals surface area contributed by atoms with Crippen molar-refractivity contribution in [2.24, 2.45) is 0 Å². The molecule has 0 heterocycles. The summed E-state index contributed by atoms with van der Waals surface area (Å²) in [5, 5.41) is 0. The van der Waals surface area contributed by atoms with E-state index in [-0.39, 0.29) is 5.41 Å². The molecule has 0 saturated carbocycles. The summed E-state index contributed by atoms with van der Waals surface area (Å²) in [4.78, 5) is 0. The fourth-order valence-electron chi connectivity index (χ4n) is 4.18. The summed E-state index contributed by atoms with van der Waals surface area (Å²) >= 11 is 0. The summed E-state index contributed by atoms with van der Waals surface area (Å²) in [5.41, 5.74) is 7.56. The normalized spacial score (nSPS) is 13.7. The third-order valence-corrected chi connectivity index (χ3v) is 5.16. The van der Waals surface area contributed by atoms with E-state index in [1.807, 2.05) is 47.6 Å². The third-order valence-electron chi connectivity index (χ3n) is 5.16. The first-order valence-electron chi connectivity index (χ1n) is 12.2. The van der Waals surface area contributed by atoms with Crippen LogP contribution >= 0.6 is 0 Å². The zero-order chi connectivity index (χ0) is 24.6. The first kappa shape index (κ1) is 29.1. The average Bonchev–Trinajstić information content (AvgIpc) is 3.17. The van der Waals surface area contributed by atoms with Crippen LogP contribution in [0.3, 0.4) is 0 Å². The van der Waals surface area contributed by atoms with E-state index in [9.17, 15) is 0 Å². The van der Waals surface area contributed by atoms with Gasteiger partial charge in [-0.1, -0.05) is 145 Å². The van der Waals surface area contributed by atoms with Gasteiger partial charge in [0, 0.05) is 0 Å². The van der Waals surface area contributed by atoms with E-state index in [1.54, 1.807) is 0 Å². The standard InChI is InChI=1S/C26H26.3C2H6/c1-5-8-15-20(4)26(21(13-6-2)14-7-3)24-18-11-9-16-22(24)23-17-10-12-19-25(23)26;3*1-2/h5-19H,2H2,1,3-4H3;3*1-2H3/b8-5-,14-7-,20-15+,21-13+;;;. The van der Waals surface area contributed by atoms with Gasteiger partial charge < -0.3 is 0 Å². The van der Waals surface area contributed by atoms with Crippen molar-refractivity contribution in [1.29, 1.82) is 0 Å². The van der Waals surface area contributed by atoms with Crippen LogP contribution in [0.15, 0.2) is 109 Å². The Morgan fingerprint density at radius 1 is 0.719 bits per heavy atom. The maximum absolute atomic E-state index is 3.97. The Hall–Kier alpha value is -2.86. The molecule has 0 radical (unpaired) electrons. The first-order chi connectivity index (χ1) is 15.7. The molecule has 0 amide bonds. The molecule has 0 aliphatic heterocycles. The third kappa shape index (κ3) is 5.68. The molecule has 3 rings (SSSR count). The van der Waals surface area contributed by atoms with E-state index in [0.717, 1.165) is 0 Å². The van der Waals surface area contributed by atoms with Gasteiger partial charge in [0.05, 0.1) is 5.41 Å². The molecule has 172 valence electrons. The van der Waals surface area contributed by atoms with Gasteiger partial charge in [0.25, 0.3) is 0 Å². The van der Waals surface area contributed by atoms with Crippen molar-refractivity contribution in [3.8, 4) is 11.1 Å². The van der Waals surface area contributed by atoms with Gasteiger partial charge >= 0.3 is 0 Å². The molecule has 0 fully saturated rings. The Labute approximate surface area is 198 Å². The van der Waals surface area contributed by atoms with Crippen molar-refractivity contribution >= 4 is 0 Å². The molecule has 32 heavy (non-hydrogen) atoms. The molecule has 0 N–H and O–H groups in total. The monoisotopic (exact) mass is 428 g/mol. The molecular formula is C32H44. The van der Waals surface area contributed by atoms with Crippen molar-refractivity contribution in [2.45, 2.75) is 67.7 Å². The highest BCUT2D eigenvalue weighted by Gasteiger charge is 2.45. The van der Waals surface area contributed by atoms with E-state index < -0.39 is 0 Å². The van der Waals surface area contributed by atoms with Crippen LogP contribution in [0.1, 0.15) is 73.4 Å². The highest BCUT2D eigenvalue weighted by atomic mass is 14.5. The second-order valence-corrected chi connectivity index (χ2v) is 6.57. The van der Waals surface area contributed by atoms with E-state index in [4.69, 9.17) is 0 Å². The van der Waals surface area contributed by atoms with Crippen molar-refractivity contribution in [2.75, 3.05) is 0 Å². The van der Waals surface area contributed by atoms with Crippen LogP contribution in [0.25, 0.3) is 11.1 Å². The zero-order valence-corrected chi connectivity index (χ0v) is 21.9. The second-order valence-electron chi connectivity index (χ2n) is 6.57. The SMILES string of the molecule is C=C/C=C(\C=C/C)C1(/C(C)=C/C=C\C)c2ccccc2-c2ccccc21.CC.CC.CC. The molecule has 0 atom stereocenters. The van der Waals surface area contributed by atoms with E-state index in [2.05, 4.69) is 112 Å². The molecular weight excluding hydrogens is 384 g/mol. The molecule has 0 heteroatoms. The Bertz CT molecular complexity index is 887. The van der Waals surface area contributed by atoms with E-state index >= 15 is 0 Å². The molecule has 0 saturated heterocycles. The predicted octanol–water partition coefficient (Wildman–Crippen LogP) is 10.2. The molecule has 0 bridgehead atoms. The van der Waals surface area contributed by atoms with Crippen LogP contribution in [0, 0.1) is 0 Å². The lowest BCUT2D eigenvalue weighted by molar-refractivity contribution is 0.745. The van der Waals surface area contributed by atoms with Crippen LogP contribution in [-0.4, -0.2) is 0 Å². The zero-order valence-electron chi connectivity index (χ0n) is 21.9. The van der Waals surface area contributed by atoms with Gasteiger partial charge in [-0.2, -0.15) is 0 Å². The summed E-state index contributed by atoms with van der Waals surface area (Å²) in [6.45, 7) is 22.3. The highest BCUT2D eigenvalue weighted by molar-refractivity contribution is 5.86. The number of hydrogen-bond donors (Lipinski definition) is 0. The fraction of sp³-hybridized carbons (Fsp3) is 0.312. The quantitative estimate of drug-likeness (QED) is 0.415. The smallest absolute Gasteiger partial charge is 0.0673 e. The Morgan fingerprint density at radius 2 is 1.19 bits per heavy atom. The summed E-state index contributed by atoms with van der Waals surface area (Å²) in [7, 11) is 0. The number of hydrogen-bond acceptors (Lipinski definition) is 0. The lowest BCUT2D eigenvalue weighted by atomic mass is 9.66. The lowest BCUT2D eigenvalue weighted by Gasteiger charge is -2.35. The summed E-state index contributed by atoms with van der Waals surface area (Å²) in [5.74, 6) is 0. The minimum Gasteiger partial charge on any atom is -0.0991 e. The van der Waals surface area contributed by atoms with Crippen LogP contribution < -0.4 is 0 Å². The van der Waals surface area contributed by atoms with Gasteiger partial charge in [0.15, 0.2) is 0 Å². The summed E-state index contributed by atoms with van der Waals surface area (Å²) in [6, 6.07) is 17.5. The average molecular weight is 429 g/mol. The number of benzene rings is 2. The fourth-order valence-corrected chi connectivity index (χ4v) is 4.18. The van der Waals surface area contributed by atoms with Crippen LogP contribution in [0.4, 0.5) is 0 Å². The maximum Gasteiger partial charge on any atom is 0.0673 e. The highest BCUT2D eigenvalue weighted by Crippen LogP contribution is 2.56. The van der Waals surface area contributed by atoms with Crippen molar-refractivity contribution in [3.05, 3.63) is 120 Å². The van der Waals surface area contributed by atoms with Crippen LogP contribution in [-0.2, 0) is 5.41 Å². The first-order valence-corrected chi connectivity index (χ1v) is 12.2. The van der Waals surface area contributed by atoms with Gasteiger partial charge in [-0.3, -0.25) is 0 Å². The van der Waals surface area contributed by atoms with E-state index in [0.29, 0.717) is 0 Å². The number of fused-ring (bicyclic) bond motifs is 3. The molecule has 0 aromatic heterocycles. The minimum absolute atomic E-state index is 0.298. The van der Waals surface area contributed by atoms with E-state index in [1.165, 1.54) is 33.4 Å². The Kier molecular flexibility index (Phi) is 14.5. The molecule has 1 aliphatic rings. The topological polar surface area (TPSA) is 0 Å². The second kappa shape index (κ2) is 15.9. The summed E-state index contributed by atoms with van der Waals surface area (Å²) in [6.07, 6.45) is 14.8. The van der Waals surface area contributed by atoms with Crippen molar-refractivity contribution in [1.82, 2.24) is 0 Å². The Morgan fingerprint density at radius 3 is 1.59 bits per heavy atom. The van der Waals surface area contributed by atoms with Gasteiger partial charge in [0.2, 0.25) is 0 Å². The van der Waals surface area contributed by atoms with Gasteiger partial charge in [-0.15, -0.1) is 0 Å². The van der Waals surface area contributed by atoms with Crippen LogP contribution in [0.2, 0.25) is 0 Å². The molecule has 0 unspecified atom stereocenters. The van der Waals surface area contributed by atoms with Crippen molar-refractivity contribution in [3.63, 3.8) is 0 Å². The molecule has 2 aromatic carbocycles. The molecule has 0 nitrogen and oxygen atoms in total. The number of rotatable bonds is 5. The molecule has 0 spiro atoms. The molecule has 1 aliphatic carbocycles. The predicted molar refractivity (Wildman–Crippen MR) is 148 cm³/mol. The van der Waals surface area contributed by atoms with Gasteiger partial charge in [-0.05, 0) is 48.6 Å². The van der Waals surface area contributed by atoms with Gasteiger partial charge in [0.1, 0.15) is 0 Å². The van der Waals surface area contributed by atoms with Crippen LogP contribution in [0.5, 0.6) is 0 Å². The summed E-state index contributed by atoms with van der Waals surface area (Å²) < 4.78 is 0. The molecule has 2 aromatic rings. The van der Waals surface area contributed by atoms with Crippen molar-refractivity contribution < 1.29 is 0 Å². The largest absolute Gasteiger partial charge is 0.0991 e. The maximum atomic E-state index is 3.97. The van der Waals surface area contributed by atoms with Gasteiger partial charge in [-0.25, -0.2) is 0 Å². The minimum atomic E-state index is -0.298. The Balaban J connectivity index is 0.00000148.